The van der Waals surface area contributed by atoms with Crippen molar-refractivity contribution in [3.8, 4) is 17.3 Å². The third kappa shape index (κ3) is 3.58. The molecule has 1 aliphatic rings. The molecule has 1 N–H and O–H groups in total. The molecule has 1 aromatic carbocycles. The van der Waals surface area contributed by atoms with E-state index in [-0.39, 0.29) is 0 Å². The Morgan fingerprint density at radius 1 is 1.10 bits per heavy atom. The molecule has 0 saturated carbocycles. The van der Waals surface area contributed by atoms with E-state index in [0.717, 1.165) is 63.7 Å². The van der Waals surface area contributed by atoms with Crippen molar-refractivity contribution in [3.63, 3.8) is 0 Å². The number of thiophene rings is 1. The molecule has 0 amide bonds. The number of hydrogen-bond acceptors (Lipinski definition) is 8. The lowest BCUT2D eigenvalue weighted by molar-refractivity contribution is 0.331. The Balaban J connectivity index is 1.70. The minimum atomic E-state index is 0.555. The van der Waals surface area contributed by atoms with Gasteiger partial charge in [0.25, 0.3) is 0 Å². The normalized spacial score (nSPS) is 14.6. The van der Waals surface area contributed by atoms with Crippen LogP contribution in [0.1, 0.15) is 12.6 Å². The van der Waals surface area contributed by atoms with Crippen molar-refractivity contribution in [1.82, 2.24) is 25.3 Å². The van der Waals surface area contributed by atoms with Gasteiger partial charge in [-0.05, 0) is 48.6 Å². The van der Waals surface area contributed by atoms with Crippen LogP contribution in [0.15, 0.2) is 24.3 Å². The van der Waals surface area contributed by atoms with E-state index in [4.69, 9.17) is 24.7 Å². The fraction of sp³-hybridized carbons (Fsp3) is 0.333. The summed E-state index contributed by atoms with van der Waals surface area (Å²) in [5, 5.41) is 4.36. The molecular formula is C21H21IN6OS. The van der Waals surface area contributed by atoms with Gasteiger partial charge in [-0.25, -0.2) is 15.0 Å². The topological polar surface area (TPSA) is 76.1 Å². The Morgan fingerprint density at radius 3 is 2.60 bits per heavy atom. The number of piperazine rings is 1. The van der Waals surface area contributed by atoms with Crippen LogP contribution in [-0.4, -0.2) is 52.7 Å². The first kappa shape index (κ1) is 19.8. The lowest BCUT2D eigenvalue weighted by Crippen LogP contribution is -2.44. The second kappa shape index (κ2) is 8.20. The van der Waals surface area contributed by atoms with E-state index in [1.807, 2.05) is 13.8 Å². The predicted molar refractivity (Wildman–Crippen MR) is 130 cm³/mol. The first-order chi connectivity index (χ1) is 14.6. The molecule has 1 saturated heterocycles. The van der Waals surface area contributed by atoms with Crippen LogP contribution in [0, 0.1) is 10.5 Å². The smallest absolute Gasteiger partial charge is 0.236 e. The van der Waals surface area contributed by atoms with Gasteiger partial charge in [0.05, 0.1) is 17.7 Å². The molecule has 3 aromatic heterocycles. The number of aromatic nitrogens is 4. The first-order valence-corrected chi connectivity index (χ1v) is 11.9. The van der Waals surface area contributed by atoms with Crippen molar-refractivity contribution in [2.75, 3.05) is 37.7 Å². The van der Waals surface area contributed by atoms with Crippen molar-refractivity contribution in [2.45, 2.75) is 13.8 Å². The number of nitrogens with one attached hydrogen (secondary N) is 1. The highest BCUT2D eigenvalue weighted by molar-refractivity contribution is 14.1. The maximum Gasteiger partial charge on any atom is 0.236 e. The maximum absolute atomic E-state index is 5.92. The summed E-state index contributed by atoms with van der Waals surface area (Å²) >= 11 is 3.88. The number of benzene rings is 1. The van der Waals surface area contributed by atoms with Gasteiger partial charge in [-0.15, -0.1) is 11.3 Å². The summed E-state index contributed by atoms with van der Waals surface area (Å²) in [7, 11) is 0. The van der Waals surface area contributed by atoms with Gasteiger partial charge in [-0.2, -0.15) is 4.98 Å². The van der Waals surface area contributed by atoms with Gasteiger partial charge < -0.3 is 15.0 Å². The zero-order valence-corrected chi connectivity index (χ0v) is 19.7. The highest BCUT2D eigenvalue weighted by atomic mass is 127. The summed E-state index contributed by atoms with van der Waals surface area (Å²) in [4.78, 5) is 22.5. The molecule has 30 heavy (non-hydrogen) atoms. The van der Waals surface area contributed by atoms with E-state index >= 15 is 0 Å². The Bertz CT molecular complexity index is 1220. The highest BCUT2D eigenvalue weighted by Gasteiger charge is 2.22. The Morgan fingerprint density at radius 2 is 1.87 bits per heavy atom. The number of hydrogen-bond donors (Lipinski definition) is 1. The van der Waals surface area contributed by atoms with Gasteiger partial charge in [-0.3, -0.25) is 0 Å². The summed E-state index contributed by atoms with van der Waals surface area (Å²) in [6, 6.07) is 8.26. The lowest BCUT2D eigenvalue weighted by atomic mass is 10.2. The third-order valence-corrected chi connectivity index (χ3v) is 6.88. The third-order valence-electron chi connectivity index (χ3n) is 5.10. The van der Waals surface area contributed by atoms with Crippen molar-refractivity contribution >= 4 is 60.3 Å². The van der Waals surface area contributed by atoms with Crippen molar-refractivity contribution in [2.24, 2.45) is 0 Å². The van der Waals surface area contributed by atoms with E-state index in [0.29, 0.717) is 18.4 Å². The van der Waals surface area contributed by atoms with E-state index in [2.05, 4.69) is 57.1 Å². The van der Waals surface area contributed by atoms with Crippen molar-refractivity contribution in [3.05, 3.63) is 33.5 Å². The van der Waals surface area contributed by atoms with Crippen LogP contribution in [0.25, 0.3) is 31.8 Å². The average molecular weight is 532 g/mol. The monoisotopic (exact) mass is 532 g/mol. The quantitative estimate of drug-likeness (QED) is 0.398. The SMILES string of the molecule is CCOc1nc(N2CCNCC2)nc2c1sc1nc(-c3ccc(I)cc3)nc(C)c12. The van der Waals surface area contributed by atoms with E-state index < -0.39 is 0 Å². The Labute approximate surface area is 192 Å². The zero-order chi connectivity index (χ0) is 20.7. The zero-order valence-electron chi connectivity index (χ0n) is 16.8. The second-order valence-corrected chi connectivity index (χ2v) is 9.34. The molecule has 1 aliphatic heterocycles. The minimum absolute atomic E-state index is 0.555. The van der Waals surface area contributed by atoms with Crippen LogP contribution in [0.2, 0.25) is 0 Å². The summed E-state index contributed by atoms with van der Waals surface area (Å²) in [5.74, 6) is 2.08. The van der Waals surface area contributed by atoms with E-state index in [1.54, 1.807) is 11.3 Å². The fourth-order valence-electron chi connectivity index (χ4n) is 3.64. The highest BCUT2D eigenvalue weighted by Crippen LogP contribution is 2.39. The molecule has 5 rings (SSSR count). The molecule has 9 heteroatoms. The van der Waals surface area contributed by atoms with Gasteiger partial charge in [0.2, 0.25) is 11.8 Å². The van der Waals surface area contributed by atoms with Gasteiger partial charge in [-0.1, -0.05) is 12.1 Å². The maximum atomic E-state index is 5.92. The second-order valence-electron chi connectivity index (χ2n) is 7.10. The molecule has 0 unspecified atom stereocenters. The number of fused-ring (bicyclic) bond motifs is 3. The van der Waals surface area contributed by atoms with Crippen LogP contribution in [-0.2, 0) is 0 Å². The van der Waals surface area contributed by atoms with Crippen LogP contribution < -0.4 is 15.0 Å². The summed E-state index contributed by atoms with van der Waals surface area (Å²) in [6.07, 6.45) is 0. The molecule has 0 bridgehead atoms. The number of nitrogens with zero attached hydrogens (tertiary/aromatic N) is 5. The van der Waals surface area contributed by atoms with Gasteiger partial charge in [0, 0.05) is 35.3 Å². The number of ether oxygens (including phenoxy) is 1. The molecule has 0 atom stereocenters. The predicted octanol–water partition coefficient (Wildman–Crippen LogP) is 4.02. The van der Waals surface area contributed by atoms with Crippen LogP contribution in [0.4, 0.5) is 5.95 Å². The van der Waals surface area contributed by atoms with Crippen LogP contribution >= 0.6 is 33.9 Å². The Hall–Kier alpha value is -2.11. The summed E-state index contributed by atoms with van der Waals surface area (Å²) in [5.41, 5.74) is 2.82. The fourth-order valence-corrected chi connectivity index (χ4v) is 5.11. The molecule has 0 spiro atoms. The standard InChI is InChI=1S/C21H21IN6OS/c1-3-29-19-17-16(25-21(27-19)28-10-8-23-9-11-28)15-12(2)24-18(26-20(15)30-17)13-4-6-14(22)7-5-13/h4-7,23H,3,8-11H2,1-2H3. The molecule has 4 aromatic rings. The number of aryl methyl sites for hydroxylation is 1. The first-order valence-electron chi connectivity index (χ1n) is 9.97. The Kier molecular flexibility index (Phi) is 5.42. The molecule has 0 aliphatic carbocycles. The lowest BCUT2D eigenvalue weighted by Gasteiger charge is -2.27. The van der Waals surface area contributed by atoms with Gasteiger partial charge in [0.1, 0.15) is 15.0 Å². The molecule has 4 heterocycles. The minimum Gasteiger partial charge on any atom is -0.477 e. The summed E-state index contributed by atoms with van der Waals surface area (Å²) < 4.78 is 8.04. The van der Waals surface area contributed by atoms with E-state index in [1.165, 1.54) is 3.57 Å². The van der Waals surface area contributed by atoms with Gasteiger partial charge in [0.15, 0.2) is 5.82 Å². The molecule has 154 valence electrons. The van der Waals surface area contributed by atoms with Crippen molar-refractivity contribution < 1.29 is 4.74 Å². The summed E-state index contributed by atoms with van der Waals surface area (Å²) in [6.45, 7) is 8.18. The van der Waals surface area contributed by atoms with E-state index in [9.17, 15) is 0 Å². The average Bonchev–Trinajstić information content (AvgIpc) is 3.14. The molecule has 7 nitrogen and oxygen atoms in total. The van der Waals surface area contributed by atoms with Crippen LogP contribution in [0.3, 0.4) is 0 Å². The van der Waals surface area contributed by atoms with Gasteiger partial charge >= 0.3 is 0 Å². The molecule has 0 radical (unpaired) electrons. The molecule has 1 fully saturated rings. The number of anilines is 1. The number of rotatable bonds is 4. The van der Waals surface area contributed by atoms with Crippen LogP contribution in [0.5, 0.6) is 5.88 Å². The molecular weight excluding hydrogens is 511 g/mol. The largest absolute Gasteiger partial charge is 0.477 e. The van der Waals surface area contributed by atoms with Crippen molar-refractivity contribution in [1.29, 1.82) is 0 Å². The number of halogens is 1.